The number of carbonyl (C=O) groups excluding carboxylic acids is 1. The van der Waals surface area contributed by atoms with Crippen molar-refractivity contribution >= 4 is 11.5 Å². The Kier molecular flexibility index (Phi) is 4.46. The van der Waals surface area contributed by atoms with Gasteiger partial charge in [0.1, 0.15) is 5.69 Å². The van der Waals surface area contributed by atoms with Gasteiger partial charge in [-0.05, 0) is 56.0 Å². The number of pyridine rings is 1. The fourth-order valence-electron chi connectivity index (χ4n) is 3.25. The molecule has 0 amide bonds. The number of benzene rings is 1. The van der Waals surface area contributed by atoms with E-state index in [0.29, 0.717) is 18.2 Å². The van der Waals surface area contributed by atoms with E-state index < -0.39 is 0 Å². The van der Waals surface area contributed by atoms with Gasteiger partial charge < -0.3 is 4.90 Å². The Balaban J connectivity index is 1.91. The molecular weight excluding hydrogens is 284 g/mol. The van der Waals surface area contributed by atoms with E-state index in [1.54, 1.807) is 0 Å². The number of hydrogen-bond donors (Lipinski definition) is 0. The van der Waals surface area contributed by atoms with E-state index in [-0.39, 0.29) is 5.78 Å². The minimum atomic E-state index is 0.0922. The Hall–Kier alpha value is -2.16. The van der Waals surface area contributed by atoms with Crippen molar-refractivity contribution in [3.05, 3.63) is 47.8 Å². The second-order valence-corrected chi connectivity index (χ2v) is 6.44. The zero-order chi connectivity index (χ0) is 16.4. The van der Waals surface area contributed by atoms with Crippen LogP contribution in [-0.2, 0) is 6.42 Å². The summed E-state index contributed by atoms with van der Waals surface area (Å²) >= 11 is 0. The van der Waals surface area contributed by atoms with Crippen molar-refractivity contribution in [3.8, 4) is 11.1 Å². The molecule has 0 N–H and O–H groups in total. The van der Waals surface area contributed by atoms with Gasteiger partial charge >= 0.3 is 0 Å². The summed E-state index contributed by atoms with van der Waals surface area (Å²) in [7, 11) is 0. The van der Waals surface area contributed by atoms with Gasteiger partial charge in [0.25, 0.3) is 0 Å². The Bertz CT molecular complexity index is 704. The lowest BCUT2D eigenvalue weighted by Crippen LogP contribution is -2.35. The van der Waals surface area contributed by atoms with Gasteiger partial charge in [-0.15, -0.1) is 0 Å². The molecule has 0 bridgehead atoms. The van der Waals surface area contributed by atoms with Gasteiger partial charge in [0.2, 0.25) is 0 Å². The van der Waals surface area contributed by atoms with Gasteiger partial charge in [-0.1, -0.05) is 19.1 Å². The van der Waals surface area contributed by atoms with Crippen LogP contribution in [0.4, 0.5) is 5.69 Å². The minimum Gasteiger partial charge on any atom is -0.369 e. The molecule has 0 atom stereocenters. The smallest absolute Gasteiger partial charge is 0.180 e. The molecule has 0 unspecified atom stereocenters. The van der Waals surface area contributed by atoms with Gasteiger partial charge in [0.15, 0.2) is 5.78 Å². The molecule has 3 heteroatoms. The summed E-state index contributed by atoms with van der Waals surface area (Å²) in [5.74, 6) is 0.0922. The molecule has 0 saturated heterocycles. The molecule has 1 aliphatic heterocycles. The molecule has 0 saturated carbocycles. The van der Waals surface area contributed by atoms with E-state index in [4.69, 9.17) is 0 Å². The highest BCUT2D eigenvalue weighted by molar-refractivity contribution is 5.94. The first-order valence-corrected chi connectivity index (χ1v) is 8.49. The molecular formula is C20H24N2O. The Morgan fingerprint density at radius 2 is 2.00 bits per heavy atom. The molecule has 1 aromatic heterocycles. The van der Waals surface area contributed by atoms with Crippen LogP contribution in [0.2, 0.25) is 0 Å². The predicted octanol–water partition coefficient (Wildman–Crippen LogP) is 4.50. The standard InChI is InChI=1S/C20H24N2O/c1-4-20(23)18-9-7-17(13-21-18)15-8-10-19-16(12-15)6-5-11-22(19)14(2)3/h7-10,12-14H,4-6,11H2,1-3H3. The second kappa shape index (κ2) is 6.53. The van der Waals surface area contributed by atoms with Crippen LogP contribution in [0.15, 0.2) is 36.5 Å². The third kappa shape index (κ3) is 3.14. The number of nitrogens with zero attached hydrogens (tertiary/aromatic N) is 2. The fraction of sp³-hybridized carbons (Fsp3) is 0.400. The Morgan fingerprint density at radius 3 is 2.65 bits per heavy atom. The van der Waals surface area contributed by atoms with Gasteiger partial charge in [-0.2, -0.15) is 0 Å². The van der Waals surface area contributed by atoms with E-state index in [1.165, 1.54) is 23.2 Å². The summed E-state index contributed by atoms with van der Waals surface area (Å²) in [5, 5.41) is 0. The highest BCUT2D eigenvalue weighted by Crippen LogP contribution is 2.32. The van der Waals surface area contributed by atoms with Crippen LogP contribution < -0.4 is 4.90 Å². The molecule has 1 aliphatic rings. The summed E-state index contributed by atoms with van der Waals surface area (Å²) < 4.78 is 0. The summed E-state index contributed by atoms with van der Waals surface area (Å²) in [6.07, 6.45) is 4.65. The molecule has 3 nitrogen and oxygen atoms in total. The maximum atomic E-state index is 11.7. The topological polar surface area (TPSA) is 33.2 Å². The van der Waals surface area contributed by atoms with Crippen molar-refractivity contribution in [1.29, 1.82) is 0 Å². The van der Waals surface area contributed by atoms with Gasteiger partial charge in [-0.25, -0.2) is 0 Å². The maximum Gasteiger partial charge on any atom is 0.180 e. The molecule has 2 aromatic rings. The summed E-state index contributed by atoms with van der Waals surface area (Å²) in [4.78, 5) is 18.5. The minimum absolute atomic E-state index is 0.0922. The average Bonchev–Trinajstić information content (AvgIpc) is 2.60. The number of Topliss-reactive ketones (excluding diaryl/α,β-unsaturated/α-hetero) is 1. The SMILES string of the molecule is CCC(=O)c1ccc(-c2ccc3c(c2)CCCN3C(C)C)cn1. The maximum absolute atomic E-state index is 11.7. The third-order valence-electron chi connectivity index (χ3n) is 4.56. The average molecular weight is 308 g/mol. The van der Waals surface area contributed by atoms with E-state index in [1.807, 2.05) is 25.3 Å². The lowest BCUT2D eigenvalue weighted by Gasteiger charge is -2.35. The normalized spacial score (nSPS) is 14.0. The van der Waals surface area contributed by atoms with Crippen molar-refractivity contribution in [2.24, 2.45) is 0 Å². The Morgan fingerprint density at radius 1 is 1.22 bits per heavy atom. The molecule has 0 radical (unpaired) electrons. The quantitative estimate of drug-likeness (QED) is 0.780. The van der Waals surface area contributed by atoms with Gasteiger partial charge in [0.05, 0.1) is 0 Å². The van der Waals surface area contributed by atoms with E-state index in [0.717, 1.165) is 18.5 Å². The number of aromatic nitrogens is 1. The Labute approximate surface area is 138 Å². The monoisotopic (exact) mass is 308 g/mol. The lowest BCUT2D eigenvalue weighted by molar-refractivity contribution is 0.0983. The van der Waals surface area contributed by atoms with Gasteiger partial charge in [0, 0.05) is 36.5 Å². The van der Waals surface area contributed by atoms with Crippen LogP contribution in [-0.4, -0.2) is 23.4 Å². The second-order valence-electron chi connectivity index (χ2n) is 6.44. The molecule has 120 valence electrons. The van der Waals surface area contributed by atoms with Crippen molar-refractivity contribution in [3.63, 3.8) is 0 Å². The predicted molar refractivity (Wildman–Crippen MR) is 95.1 cm³/mol. The fourth-order valence-corrected chi connectivity index (χ4v) is 3.25. The number of ketones is 1. The summed E-state index contributed by atoms with van der Waals surface area (Å²) in [6.45, 7) is 7.49. The number of anilines is 1. The molecule has 0 aliphatic carbocycles. The molecule has 0 spiro atoms. The summed E-state index contributed by atoms with van der Waals surface area (Å²) in [6, 6.07) is 11.0. The molecule has 0 fully saturated rings. The number of carbonyl (C=O) groups is 1. The van der Waals surface area contributed by atoms with Crippen molar-refractivity contribution in [1.82, 2.24) is 4.98 Å². The lowest BCUT2D eigenvalue weighted by atomic mass is 9.96. The third-order valence-corrected chi connectivity index (χ3v) is 4.56. The van der Waals surface area contributed by atoms with Crippen molar-refractivity contribution in [2.45, 2.75) is 46.1 Å². The number of fused-ring (bicyclic) bond motifs is 1. The molecule has 1 aromatic carbocycles. The van der Waals surface area contributed by atoms with Crippen LogP contribution in [0.25, 0.3) is 11.1 Å². The van der Waals surface area contributed by atoms with E-state index >= 15 is 0 Å². The zero-order valence-corrected chi connectivity index (χ0v) is 14.2. The molecule has 3 rings (SSSR count). The summed E-state index contributed by atoms with van der Waals surface area (Å²) in [5.41, 5.74) is 5.58. The van der Waals surface area contributed by atoms with E-state index in [2.05, 4.69) is 41.9 Å². The number of aryl methyl sites for hydroxylation is 1. The number of hydrogen-bond acceptors (Lipinski definition) is 3. The molecule has 2 heterocycles. The van der Waals surface area contributed by atoms with E-state index in [9.17, 15) is 4.79 Å². The first-order valence-electron chi connectivity index (χ1n) is 8.49. The van der Waals surface area contributed by atoms with Crippen LogP contribution in [0, 0.1) is 0 Å². The van der Waals surface area contributed by atoms with Crippen LogP contribution >= 0.6 is 0 Å². The highest BCUT2D eigenvalue weighted by Gasteiger charge is 2.19. The van der Waals surface area contributed by atoms with Gasteiger partial charge in [-0.3, -0.25) is 9.78 Å². The first kappa shape index (κ1) is 15.7. The van der Waals surface area contributed by atoms with Crippen molar-refractivity contribution < 1.29 is 4.79 Å². The van der Waals surface area contributed by atoms with Crippen molar-refractivity contribution in [2.75, 3.05) is 11.4 Å². The largest absolute Gasteiger partial charge is 0.369 e. The highest BCUT2D eigenvalue weighted by atomic mass is 16.1. The number of rotatable bonds is 4. The van der Waals surface area contributed by atoms with Crippen LogP contribution in [0.3, 0.4) is 0 Å². The zero-order valence-electron chi connectivity index (χ0n) is 14.2. The first-order chi connectivity index (χ1) is 11.1. The van der Waals surface area contributed by atoms with Crippen LogP contribution in [0.1, 0.15) is 49.7 Å². The van der Waals surface area contributed by atoms with Crippen LogP contribution in [0.5, 0.6) is 0 Å². The molecule has 23 heavy (non-hydrogen) atoms.